The number of piperazine rings is 1. The molecule has 2 aromatic carbocycles. The highest BCUT2D eigenvalue weighted by Crippen LogP contribution is 2.23. The fourth-order valence-electron chi connectivity index (χ4n) is 2.97. The zero-order valence-electron chi connectivity index (χ0n) is 14.9. The Bertz CT molecular complexity index is 845. The SMILES string of the molecule is CC(C)Oc1ccc(S(=O)(=O)N2CCN(c3cccc(F)c3)CC2)cc1. The van der Waals surface area contributed by atoms with Crippen LogP contribution in [0.5, 0.6) is 5.75 Å². The minimum Gasteiger partial charge on any atom is -0.491 e. The molecule has 2 aromatic rings. The Morgan fingerprint density at radius 1 is 1.00 bits per heavy atom. The molecule has 3 rings (SSSR count). The van der Waals surface area contributed by atoms with E-state index < -0.39 is 10.0 Å². The molecule has 0 saturated carbocycles. The Balaban J connectivity index is 1.68. The summed E-state index contributed by atoms with van der Waals surface area (Å²) in [7, 11) is -3.54. The lowest BCUT2D eigenvalue weighted by atomic mass is 10.2. The topological polar surface area (TPSA) is 49.9 Å². The van der Waals surface area contributed by atoms with Crippen molar-refractivity contribution < 1.29 is 17.5 Å². The predicted octanol–water partition coefficient (Wildman–Crippen LogP) is 3.12. The average molecular weight is 378 g/mol. The van der Waals surface area contributed by atoms with E-state index in [1.807, 2.05) is 24.8 Å². The second-order valence-corrected chi connectivity index (χ2v) is 8.45. The Kier molecular flexibility index (Phi) is 5.48. The zero-order valence-corrected chi connectivity index (χ0v) is 15.7. The fraction of sp³-hybridized carbons (Fsp3) is 0.368. The summed E-state index contributed by atoms with van der Waals surface area (Å²) in [5.41, 5.74) is 0.775. The quantitative estimate of drug-likeness (QED) is 0.802. The molecule has 1 heterocycles. The smallest absolute Gasteiger partial charge is 0.243 e. The first kappa shape index (κ1) is 18.7. The van der Waals surface area contributed by atoms with Gasteiger partial charge in [0.25, 0.3) is 0 Å². The van der Waals surface area contributed by atoms with Gasteiger partial charge in [0.05, 0.1) is 11.0 Å². The van der Waals surface area contributed by atoms with Crippen LogP contribution < -0.4 is 9.64 Å². The predicted molar refractivity (Wildman–Crippen MR) is 99.6 cm³/mol. The van der Waals surface area contributed by atoms with Crippen LogP contribution in [0.1, 0.15) is 13.8 Å². The molecular weight excluding hydrogens is 355 g/mol. The molecule has 1 saturated heterocycles. The first-order valence-corrected chi connectivity index (χ1v) is 10.1. The van der Waals surface area contributed by atoms with Crippen LogP contribution in [-0.2, 0) is 10.0 Å². The van der Waals surface area contributed by atoms with E-state index in [1.54, 1.807) is 30.3 Å². The Labute approximate surface area is 154 Å². The first-order valence-electron chi connectivity index (χ1n) is 8.63. The van der Waals surface area contributed by atoms with E-state index in [1.165, 1.54) is 16.4 Å². The molecule has 0 amide bonds. The van der Waals surface area contributed by atoms with E-state index in [0.717, 1.165) is 5.69 Å². The van der Waals surface area contributed by atoms with Crippen LogP contribution in [0.4, 0.5) is 10.1 Å². The summed E-state index contributed by atoms with van der Waals surface area (Å²) < 4.78 is 46.1. The number of rotatable bonds is 5. The van der Waals surface area contributed by atoms with Crippen molar-refractivity contribution in [2.75, 3.05) is 31.1 Å². The molecule has 0 aromatic heterocycles. The molecule has 0 aliphatic carbocycles. The minimum absolute atomic E-state index is 0.0355. The lowest BCUT2D eigenvalue weighted by molar-refractivity contribution is 0.242. The zero-order chi connectivity index (χ0) is 18.7. The highest BCUT2D eigenvalue weighted by Gasteiger charge is 2.28. The van der Waals surface area contributed by atoms with Gasteiger partial charge in [-0.2, -0.15) is 4.31 Å². The van der Waals surface area contributed by atoms with Crippen LogP contribution in [0.15, 0.2) is 53.4 Å². The molecular formula is C19H23FN2O3S. The molecule has 0 bridgehead atoms. The summed E-state index contributed by atoms with van der Waals surface area (Å²) in [4.78, 5) is 2.25. The van der Waals surface area contributed by atoms with E-state index in [0.29, 0.717) is 31.9 Å². The largest absolute Gasteiger partial charge is 0.491 e. The standard InChI is InChI=1S/C19H23FN2O3S/c1-15(2)25-18-6-8-19(9-7-18)26(23,24)22-12-10-21(11-13-22)17-5-3-4-16(20)14-17/h3-9,14-15H,10-13H2,1-2H3. The van der Waals surface area contributed by atoms with Gasteiger partial charge < -0.3 is 9.64 Å². The highest BCUT2D eigenvalue weighted by atomic mass is 32.2. The molecule has 1 fully saturated rings. The maximum absolute atomic E-state index is 13.4. The van der Waals surface area contributed by atoms with Crippen LogP contribution in [0.25, 0.3) is 0 Å². The van der Waals surface area contributed by atoms with Crippen molar-refractivity contribution in [1.82, 2.24) is 4.31 Å². The highest BCUT2D eigenvalue weighted by molar-refractivity contribution is 7.89. The summed E-state index contributed by atoms with van der Waals surface area (Å²) in [5.74, 6) is 0.358. The summed E-state index contributed by atoms with van der Waals surface area (Å²) in [6.07, 6.45) is 0.0355. The monoisotopic (exact) mass is 378 g/mol. The molecule has 0 N–H and O–H groups in total. The van der Waals surface area contributed by atoms with E-state index in [4.69, 9.17) is 4.74 Å². The van der Waals surface area contributed by atoms with Crippen LogP contribution in [0, 0.1) is 5.82 Å². The van der Waals surface area contributed by atoms with Crippen molar-refractivity contribution in [3.8, 4) is 5.75 Å². The summed E-state index contributed by atoms with van der Waals surface area (Å²) in [6.45, 7) is 5.62. The summed E-state index contributed by atoms with van der Waals surface area (Å²) in [6, 6.07) is 12.9. The van der Waals surface area contributed by atoms with E-state index in [2.05, 4.69) is 0 Å². The third-order valence-corrected chi connectivity index (χ3v) is 6.16. The third-order valence-electron chi connectivity index (χ3n) is 4.25. The second-order valence-electron chi connectivity index (χ2n) is 6.51. The maximum atomic E-state index is 13.4. The van der Waals surface area contributed by atoms with E-state index >= 15 is 0 Å². The first-order chi connectivity index (χ1) is 12.4. The molecule has 5 nitrogen and oxygen atoms in total. The van der Waals surface area contributed by atoms with E-state index in [-0.39, 0.29) is 16.8 Å². The number of benzene rings is 2. The van der Waals surface area contributed by atoms with E-state index in [9.17, 15) is 12.8 Å². The van der Waals surface area contributed by atoms with Gasteiger partial charge in [-0.25, -0.2) is 12.8 Å². The average Bonchev–Trinajstić information content (AvgIpc) is 2.62. The van der Waals surface area contributed by atoms with Crippen molar-refractivity contribution >= 4 is 15.7 Å². The van der Waals surface area contributed by atoms with Gasteiger partial charge >= 0.3 is 0 Å². The number of sulfonamides is 1. The number of ether oxygens (including phenoxy) is 1. The third kappa shape index (κ3) is 4.16. The molecule has 7 heteroatoms. The van der Waals surface area contributed by atoms with Gasteiger partial charge in [0.1, 0.15) is 11.6 Å². The van der Waals surface area contributed by atoms with Gasteiger partial charge in [-0.1, -0.05) is 6.07 Å². The van der Waals surface area contributed by atoms with Crippen molar-refractivity contribution in [1.29, 1.82) is 0 Å². The van der Waals surface area contributed by atoms with Gasteiger partial charge in [-0.3, -0.25) is 0 Å². The summed E-state index contributed by atoms with van der Waals surface area (Å²) in [5, 5.41) is 0. The second kappa shape index (κ2) is 7.63. The van der Waals surface area contributed by atoms with Gasteiger partial charge in [0.15, 0.2) is 0 Å². The van der Waals surface area contributed by atoms with Crippen molar-refractivity contribution in [2.24, 2.45) is 0 Å². The molecule has 0 spiro atoms. The molecule has 1 aliphatic heterocycles. The lowest BCUT2D eigenvalue weighted by Gasteiger charge is -2.35. The van der Waals surface area contributed by atoms with Crippen LogP contribution >= 0.6 is 0 Å². The van der Waals surface area contributed by atoms with Crippen LogP contribution in [0.2, 0.25) is 0 Å². The van der Waals surface area contributed by atoms with Crippen molar-refractivity contribution in [2.45, 2.75) is 24.8 Å². The lowest BCUT2D eigenvalue weighted by Crippen LogP contribution is -2.48. The normalized spacial score (nSPS) is 16.1. The van der Waals surface area contributed by atoms with Gasteiger partial charge in [0.2, 0.25) is 10.0 Å². The van der Waals surface area contributed by atoms with Gasteiger partial charge in [-0.15, -0.1) is 0 Å². The molecule has 140 valence electrons. The number of hydrogen-bond donors (Lipinski definition) is 0. The molecule has 26 heavy (non-hydrogen) atoms. The fourth-order valence-corrected chi connectivity index (χ4v) is 4.39. The minimum atomic E-state index is -3.54. The van der Waals surface area contributed by atoms with Gasteiger partial charge in [0, 0.05) is 31.9 Å². The molecule has 0 radical (unpaired) electrons. The molecule has 0 unspecified atom stereocenters. The Hall–Kier alpha value is -2.12. The Morgan fingerprint density at radius 3 is 2.23 bits per heavy atom. The van der Waals surface area contributed by atoms with Crippen molar-refractivity contribution in [3.05, 3.63) is 54.3 Å². The molecule has 0 atom stereocenters. The summed E-state index contributed by atoms with van der Waals surface area (Å²) >= 11 is 0. The maximum Gasteiger partial charge on any atom is 0.243 e. The number of halogens is 1. The number of anilines is 1. The van der Waals surface area contributed by atoms with Gasteiger partial charge in [-0.05, 0) is 56.3 Å². The van der Waals surface area contributed by atoms with Crippen LogP contribution in [0.3, 0.4) is 0 Å². The molecule has 1 aliphatic rings. The number of nitrogens with zero attached hydrogens (tertiary/aromatic N) is 2. The Morgan fingerprint density at radius 2 is 1.65 bits per heavy atom. The van der Waals surface area contributed by atoms with Crippen LogP contribution in [-0.4, -0.2) is 45.0 Å². The van der Waals surface area contributed by atoms with Crippen molar-refractivity contribution in [3.63, 3.8) is 0 Å². The number of hydrogen-bond acceptors (Lipinski definition) is 4.